The summed E-state index contributed by atoms with van der Waals surface area (Å²) in [4.78, 5) is 32.2. The molecule has 3 rings (SSSR count). The number of benzene rings is 1. The van der Waals surface area contributed by atoms with Gasteiger partial charge in [-0.15, -0.1) is 0 Å². The van der Waals surface area contributed by atoms with Gasteiger partial charge >= 0.3 is 0 Å². The zero-order valence-electron chi connectivity index (χ0n) is 16.4. The minimum atomic E-state index is -0.0720. The standard InChI is InChI=1S/C21H30N4O2/c1-3-22-11-7-12-24(4-2)15-20(26)25-13-10-17-16-8-5-6-9-18(16)21(27)23-19(17)14-25/h5-6,8-9,22H,3-4,7,10-15H2,1-2H3,(H,23,27). The van der Waals surface area contributed by atoms with Crippen LogP contribution in [0.5, 0.6) is 0 Å². The SMILES string of the molecule is CCNCCCN(CC)CC(=O)N1CCc2c([nH]c(=O)c3ccccc23)C1. The quantitative estimate of drug-likeness (QED) is 0.695. The fraction of sp³-hybridized carbons (Fsp3) is 0.524. The van der Waals surface area contributed by atoms with Crippen LogP contribution >= 0.6 is 0 Å². The molecule has 2 N–H and O–H groups in total. The maximum atomic E-state index is 12.8. The number of H-pyrrole nitrogens is 1. The smallest absolute Gasteiger partial charge is 0.256 e. The van der Waals surface area contributed by atoms with E-state index < -0.39 is 0 Å². The van der Waals surface area contributed by atoms with Gasteiger partial charge in [-0.05, 0) is 56.0 Å². The molecule has 6 nitrogen and oxygen atoms in total. The van der Waals surface area contributed by atoms with Gasteiger partial charge in [0.15, 0.2) is 0 Å². The number of hydrogen-bond donors (Lipinski definition) is 2. The van der Waals surface area contributed by atoms with Crippen LogP contribution in [0.2, 0.25) is 0 Å². The number of rotatable bonds is 8. The van der Waals surface area contributed by atoms with Crippen molar-refractivity contribution in [3.63, 3.8) is 0 Å². The molecule has 1 aliphatic rings. The van der Waals surface area contributed by atoms with E-state index in [0.29, 0.717) is 19.6 Å². The first kappa shape index (κ1) is 19.6. The van der Waals surface area contributed by atoms with Gasteiger partial charge in [-0.25, -0.2) is 0 Å². The summed E-state index contributed by atoms with van der Waals surface area (Å²) in [6.07, 6.45) is 1.82. The topological polar surface area (TPSA) is 68.4 Å². The number of pyridine rings is 1. The molecule has 0 radical (unpaired) electrons. The van der Waals surface area contributed by atoms with E-state index in [1.165, 1.54) is 5.56 Å². The number of nitrogens with one attached hydrogen (secondary N) is 2. The van der Waals surface area contributed by atoms with Gasteiger partial charge in [0.1, 0.15) is 0 Å². The molecule has 1 aromatic carbocycles. The predicted octanol–water partition coefficient (Wildman–Crippen LogP) is 1.73. The highest BCUT2D eigenvalue weighted by Crippen LogP contribution is 2.23. The van der Waals surface area contributed by atoms with Crippen LogP contribution in [0.3, 0.4) is 0 Å². The highest BCUT2D eigenvalue weighted by Gasteiger charge is 2.24. The zero-order valence-corrected chi connectivity index (χ0v) is 16.4. The van der Waals surface area contributed by atoms with E-state index in [1.54, 1.807) is 0 Å². The van der Waals surface area contributed by atoms with Crippen molar-refractivity contribution in [2.45, 2.75) is 33.2 Å². The number of fused-ring (bicyclic) bond motifs is 3. The first-order valence-corrected chi connectivity index (χ1v) is 9.97. The Morgan fingerprint density at radius 2 is 2.04 bits per heavy atom. The summed E-state index contributed by atoms with van der Waals surface area (Å²) in [5.41, 5.74) is 1.98. The highest BCUT2D eigenvalue weighted by atomic mass is 16.2. The van der Waals surface area contributed by atoms with Crippen molar-refractivity contribution in [1.29, 1.82) is 0 Å². The molecule has 146 valence electrons. The van der Waals surface area contributed by atoms with Gasteiger partial charge in [0.25, 0.3) is 5.56 Å². The summed E-state index contributed by atoms with van der Waals surface area (Å²) in [5.74, 6) is 0.139. The largest absolute Gasteiger partial charge is 0.335 e. The van der Waals surface area contributed by atoms with Gasteiger partial charge in [-0.1, -0.05) is 32.0 Å². The third-order valence-electron chi connectivity index (χ3n) is 5.34. The molecule has 1 aromatic heterocycles. The maximum absolute atomic E-state index is 12.8. The van der Waals surface area contributed by atoms with Gasteiger partial charge in [0, 0.05) is 17.6 Å². The molecular formula is C21H30N4O2. The van der Waals surface area contributed by atoms with E-state index >= 15 is 0 Å². The van der Waals surface area contributed by atoms with Crippen LogP contribution in [0, 0.1) is 0 Å². The first-order valence-electron chi connectivity index (χ1n) is 9.97. The van der Waals surface area contributed by atoms with Crippen molar-refractivity contribution in [2.24, 2.45) is 0 Å². The average Bonchev–Trinajstić information content (AvgIpc) is 2.70. The van der Waals surface area contributed by atoms with Gasteiger partial charge in [-0.3, -0.25) is 14.5 Å². The molecule has 0 atom stereocenters. The van der Waals surface area contributed by atoms with Crippen LogP contribution in [0.15, 0.2) is 29.1 Å². The highest BCUT2D eigenvalue weighted by molar-refractivity contribution is 5.86. The molecule has 2 heterocycles. The minimum Gasteiger partial charge on any atom is -0.335 e. The first-order chi connectivity index (χ1) is 13.1. The molecule has 0 aliphatic carbocycles. The Bertz CT molecular complexity index is 846. The van der Waals surface area contributed by atoms with Crippen LogP contribution < -0.4 is 10.9 Å². The maximum Gasteiger partial charge on any atom is 0.256 e. The molecule has 1 aliphatic heterocycles. The Kier molecular flexibility index (Phi) is 6.63. The lowest BCUT2D eigenvalue weighted by Gasteiger charge is -2.31. The van der Waals surface area contributed by atoms with Crippen LogP contribution in [-0.4, -0.2) is 60.0 Å². The number of likely N-dealkylation sites (N-methyl/N-ethyl adjacent to an activating group) is 1. The number of amides is 1. The number of hydrogen-bond acceptors (Lipinski definition) is 4. The lowest BCUT2D eigenvalue weighted by Crippen LogP contribution is -2.43. The van der Waals surface area contributed by atoms with Crippen LogP contribution in [-0.2, 0) is 17.8 Å². The van der Waals surface area contributed by atoms with Crippen LogP contribution in [0.1, 0.15) is 31.5 Å². The number of nitrogens with zero attached hydrogens (tertiary/aromatic N) is 2. The lowest BCUT2D eigenvalue weighted by molar-refractivity contribution is -0.133. The van der Waals surface area contributed by atoms with Crippen molar-refractivity contribution in [3.05, 3.63) is 45.9 Å². The fourth-order valence-corrected chi connectivity index (χ4v) is 3.78. The van der Waals surface area contributed by atoms with Crippen molar-refractivity contribution in [1.82, 2.24) is 20.1 Å². The molecule has 0 saturated heterocycles. The number of aromatic amines is 1. The van der Waals surface area contributed by atoms with Gasteiger partial charge in [0.05, 0.1) is 13.1 Å². The summed E-state index contributed by atoms with van der Waals surface area (Å²) in [7, 11) is 0. The molecule has 0 spiro atoms. The van der Waals surface area contributed by atoms with Crippen molar-refractivity contribution in [2.75, 3.05) is 39.3 Å². The number of carbonyl (C=O) groups is 1. The summed E-state index contributed by atoms with van der Waals surface area (Å²) >= 11 is 0. The van der Waals surface area contributed by atoms with E-state index in [9.17, 15) is 9.59 Å². The molecule has 27 heavy (non-hydrogen) atoms. The lowest BCUT2D eigenvalue weighted by atomic mass is 9.98. The van der Waals surface area contributed by atoms with E-state index in [-0.39, 0.29) is 11.5 Å². The zero-order chi connectivity index (χ0) is 19.2. The molecule has 6 heteroatoms. The second-order valence-corrected chi connectivity index (χ2v) is 7.10. The predicted molar refractivity (Wildman–Crippen MR) is 109 cm³/mol. The Hall–Kier alpha value is -2.18. The van der Waals surface area contributed by atoms with Gasteiger partial charge in [0.2, 0.25) is 5.91 Å². The van der Waals surface area contributed by atoms with Crippen molar-refractivity contribution in [3.8, 4) is 0 Å². The third-order valence-corrected chi connectivity index (χ3v) is 5.34. The Morgan fingerprint density at radius 3 is 2.78 bits per heavy atom. The molecular weight excluding hydrogens is 340 g/mol. The average molecular weight is 370 g/mol. The normalized spacial score (nSPS) is 14.0. The van der Waals surface area contributed by atoms with Gasteiger partial charge < -0.3 is 15.2 Å². The summed E-state index contributed by atoms with van der Waals surface area (Å²) < 4.78 is 0. The Labute approximate surface area is 160 Å². The van der Waals surface area contributed by atoms with E-state index in [0.717, 1.165) is 55.5 Å². The van der Waals surface area contributed by atoms with Crippen LogP contribution in [0.4, 0.5) is 0 Å². The molecule has 0 saturated carbocycles. The van der Waals surface area contributed by atoms with E-state index in [4.69, 9.17) is 0 Å². The number of carbonyl (C=O) groups excluding carboxylic acids is 1. The van der Waals surface area contributed by atoms with Crippen molar-refractivity contribution >= 4 is 16.7 Å². The summed E-state index contributed by atoms with van der Waals surface area (Å²) in [6.45, 7) is 9.57. The van der Waals surface area contributed by atoms with E-state index in [1.807, 2.05) is 29.2 Å². The van der Waals surface area contributed by atoms with Crippen LogP contribution in [0.25, 0.3) is 10.8 Å². The molecule has 2 aromatic rings. The molecule has 0 unspecified atom stereocenters. The molecule has 0 fully saturated rings. The molecule has 0 bridgehead atoms. The summed E-state index contributed by atoms with van der Waals surface area (Å²) in [5, 5.41) is 5.07. The second kappa shape index (κ2) is 9.15. The third kappa shape index (κ3) is 4.57. The monoisotopic (exact) mass is 370 g/mol. The Balaban J connectivity index is 1.66. The number of aromatic nitrogens is 1. The fourth-order valence-electron chi connectivity index (χ4n) is 3.78. The van der Waals surface area contributed by atoms with Crippen molar-refractivity contribution < 1.29 is 4.79 Å². The summed E-state index contributed by atoms with van der Waals surface area (Å²) in [6, 6.07) is 7.71. The Morgan fingerprint density at radius 1 is 1.26 bits per heavy atom. The molecule has 1 amide bonds. The van der Waals surface area contributed by atoms with Gasteiger partial charge in [-0.2, -0.15) is 0 Å². The minimum absolute atomic E-state index is 0.0720. The van der Waals surface area contributed by atoms with E-state index in [2.05, 4.69) is 29.0 Å². The second-order valence-electron chi connectivity index (χ2n) is 7.10.